The fourth-order valence-corrected chi connectivity index (χ4v) is 1.42. The van der Waals surface area contributed by atoms with Gasteiger partial charge in [-0.2, -0.15) is 0 Å². The van der Waals surface area contributed by atoms with Crippen LogP contribution < -0.4 is 4.74 Å². The minimum atomic E-state index is -0.315. The Labute approximate surface area is 104 Å². The van der Waals surface area contributed by atoms with E-state index in [0.29, 0.717) is 5.88 Å². The second-order valence-electron chi connectivity index (χ2n) is 5.77. The van der Waals surface area contributed by atoms with Crippen LogP contribution in [0.1, 0.15) is 40.2 Å². The van der Waals surface area contributed by atoms with Crippen LogP contribution in [0.15, 0.2) is 24.3 Å². The van der Waals surface area contributed by atoms with E-state index in [2.05, 4.69) is 32.9 Å². The van der Waals surface area contributed by atoms with Gasteiger partial charge < -0.3 is 4.74 Å². The van der Waals surface area contributed by atoms with Gasteiger partial charge in [-0.3, -0.25) is 0 Å². The van der Waals surface area contributed by atoms with Gasteiger partial charge in [0.25, 0.3) is 0 Å². The van der Waals surface area contributed by atoms with Gasteiger partial charge in [-0.05, 0) is 37.0 Å². The summed E-state index contributed by atoms with van der Waals surface area (Å²) in [6, 6.07) is 8.24. The number of ether oxygens (including phenoxy) is 1. The lowest BCUT2D eigenvalue weighted by Gasteiger charge is -2.25. The number of benzene rings is 1. The molecule has 0 amide bonds. The molecule has 16 heavy (non-hydrogen) atoms. The topological polar surface area (TPSA) is 9.23 Å². The van der Waals surface area contributed by atoms with Crippen LogP contribution in [0.3, 0.4) is 0 Å². The van der Waals surface area contributed by atoms with Crippen molar-refractivity contribution in [3.05, 3.63) is 29.8 Å². The molecular weight excluding hydrogens is 220 g/mol. The Kier molecular flexibility index (Phi) is 3.90. The molecule has 0 radical (unpaired) electrons. The Hall–Kier alpha value is -0.690. The lowest BCUT2D eigenvalue weighted by molar-refractivity contribution is 0.134. The summed E-state index contributed by atoms with van der Waals surface area (Å²) in [6.07, 6.45) is 0. The molecule has 0 fully saturated rings. The molecule has 1 aromatic carbocycles. The monoisotopic (exact) mass is 240 g/mol. The summed E-state index contributed by atoms with van der Waals surface area (Å²) in [4.78, 5) is 0. The minimum absolute atomic E-state index is 0.181. The van der Waals surface area contributed by atoms with Crippen molar-refractivity contribution >= 4 is 11.6 Å². The number of hydrogen-bond acceptors (Lipinski definition) is 1. The van der Waals surface area contributed by atoms with Gasteiger partial charge in [0.2, 0.25) is 0 Å². The Morgan fingerprint density at radius 3 is 1.88 bits per heavy atom. The summed E-state index contributed by atoms with van der Waals surface area (Å²) >= 11 is 5.82. The highest BCUT2D eigenvalue weighted by molar-refractivity contribution is 6.18. The lowest BCUT2D eigenvalue weighted by atomic mass is 9.87. The fraction of sp³-hybridized carbons (Fsp3) is 0.571. The average molecular weight is 241 g/mol. The SMILES string of the molecule is CC(C)(CCl)Oc1ccc(C(C)(C)C)cc1. The molecular formula is C14H21ClO. The zero-order chi connectivity index (χ0) is 12.4. The Morgan fingerprint density at radius 1 is 1.00 bits per heavy atom. The van der Waals surface area contributed by atoms with Gasteiger partial charge in [0.15, 0.2) is 0 Å². The molecule has 1 aromatic rings. The van der Waals surface area contributed by atoms with Gasteiger partial charge in [-0.1, -0.05) is 32.9 Å². The van der Waals surface area contributed by atoms with Crippen LogP contribution in [0.25, 0.3) is 0 Å². The first-order chi connectivity index (χ1) is 7.24. The highest BCUT2D eigenvalue weighted by Crippen LogP contribution is 2.26. The smallest absolute Gasteiger partial charge is 0.120 e. The zero-order valence-electron chi connectivity index (χ0n) is 10.8. The normalized spacial score (nSPS) is 12.6. The average Bonchev–Trinajstić information content (AvgIpc) is 2.16. The van der Waals surface area contributed by atoms with Crippen LogP contribution in [-0.2, 0) is 5.41 Å². The Morgan fingerprint density at radius 2 is 1.50 bits per heavy atom. The zero-order valence-corrected chi connectivity index (χ0v) is 11.6. The highest BCUT2D eigenvalue weighted by atomic mass is 35.5. The molecule has 0 aliphatic carbocycles. The molecule has 0 spiro atoms. The largest absolute Gasteiger partial charge is 0.487 e. The van der Waals surface area contributed by atoms with Crippen molar-refractivity contribution in [1.82, 2.24) is 0 Å². The van der Waals surface area contributed by atoms with E-state index in [1.165, 1.54) is 5.56 Å². The third-order valence-corrected chi connectivity index (χ3v) is 3.08. The second-order valence-corrected chi connectivity index (χ2v) is 6.04. The summed E-state index contributed by atoms with van der Waals surface area (Å²) in [5.41, 5.74) is 1.18. The number of rotatable bonds is 3. The van der Waals surface area contributed by atoms with Crippen LogP contribution in [0.4, 0.5) is 0 Å². The van der Waals surface area contributed by atoms with Crippen LogP contribution >= 0.6 is 11.6 Å². The lowest BCUT2D eigenvalue weighted by Crippen LogP contribution is -2.30. The quantitative estimate of drug-likeness (QED) is 0.713. The molecule has 1 nitrogen and oxygen atoms in total. The summed E-state index contributed by atoms with van der Waals surface area (Å²) < 4.78 is 5.79. The molecule has 0 saturated heterocycles. The van der Waals surface area contributed by atoms with E-state index < -0.39 is 0 Å². The maximum Gasteiger partial charge on any atom is 0.120 e. The summed E-state index contributed by atoms with van der Waals surface area (Å²) in [6.45, 7) is 10.6. The van der Waals surface area contributed by atoms with Crippen molar-refractivity contribution in [2.24, 2.45) is 0 Å². The molecule has 2 heteroatoms. The standard InChI is InChI=1S/C14H21ClO/c1-13(2,3)11-6-8-12(9-7-11)16-14(4,5)10-15/h6-9H,10H2,1-5H3. The third kappa shape index (κ3) is 3.71. The van der Waals surface area contributed by atoms with Gasteiger partial charge in [-0.25, -0.2) is 0 Å². The van der Waals surface area contributed by atoms with Gasteiger partial charge in [0.1, 0.15) is 11.4 Å². The van der Waals surface area contributed by atoms with E-state index in [-0.39, 0.29) is 11.0 Å². The first-order valence-corrected chi connectivity index (χ1v) is 6.13. The Balaban J connectivity index is 2.80. The molecule has 0 aliphatic heterocycles. The predicted octanol–water partition coefficient (Wildman–Crippen LogP) is 4.38. The van der Waals surface area contributed by atoms with E-state index in [4.69, 9.17) is 16.3 Å². The fourth-order valence-electron chi connectivity index (χ4n) is 1.37. The van der Waals surface area contributed by atoms with Gasteiger partial charge in [0.05, 0.1) is 5.88 Å². The molecule has 1 rings (SSSR count). The number of alkyl halides is 1. The maximum absolute atomic E-state index is 5.82. The maximum atomic E-state index is 5.82. The van der Waals surface area contributed by atoms with Crippen molar-refractivity contribution < 1.29 is 4.74 Å². The predicted molar refractivity (Wildman–Crippen MR) is 70.6 cm³/mol. The van der Waals surface area contributed by atoms with Crippen molar-refractivity contribution in [3.8, 4) is 5.75 Å². The van der Waals surface area contributed by atoms with Crippen LogP contribution in [0.5, 0.6) is 5.75 Å². The molecule has 0 unspecified atom stereocenters. The number of halogens is 1. The Bertz CT molecular complexity index is 333. The second kappa shape index (κ2) is 4.67. The van der Waals surface area contributed by atoms with E-state index in [9.17, 15) is 0 Å². The minimum Gasteiger partial charge on any atom is -0.487 e. The van der Waals surface area contributed by atoms with Gasteiger partial charge in [-0.15, -0.1) is 11.6 Å². The first-order valence-electron chi connectivity index (χ1n) is 5.60. The highest BCUT2D eigenvalue weighted by Gasteiger charge is 2.19. The summed E-state index contributed by atoms with van der Waals surface area (Å²) in [5, 5.41) is 0. The number of hydrogen-bond donors (Lipinski definition) is 0. The van der Waals surface area contributed by atoms with Crippen molar-refractivity contribution in [2.45, 2.75) is 45.6 Å². The summed E-state index contributed by atoms with van der Waals surface area (Å²) in [7, 11) is 0. The molecule has 0 atom stereocenters. The van der Waals surface area contributed by atoms with Crippen LogP contribution in [0, 0.1) is 0 Å². The van der Waals surface area contributed by atoms with E-state index in [1.54, 1.807) is 0 Å². The molecule has 90 valence electrons. The van der Waals surface area contributed by atoms with Crippen molar-refractivity contribution in [1.29, 1.82) is 0 Å². The molecule has 0 aromatic heterocycles. The molecule has 0 saturated carbocycles. The van der Waals surface area contributed by atoms with Crippen LogP contribution in [0.2, 0.25) is 0 Å². The van der Waals surface area contributed by atoms with E-state index in [0.717, 1.165) is 5.75 Å². The summed E-state index contributed by atoms with van der Waals surface area (Å²) in [5.74, 6) is 1.35. The van der Waals surface area contributed by atoms with Crippen molar-refractivity contribution in [2.75, 3.05) is 5.88 Å². The first kappa shape index (κ1) is 13.4. The van der Waals surface area contributed by atoms with Gasteiger partial charge in [0, 0.05) is 0 Å². The molecule has 0 aliphatic rings. The van der Waals surface area contributed by atoms with Gasteiger partial charge >= 0.3 is 0 Å². The molecule has 0 N–H and O–H groups in total. The van der Waals surface area contributed by atoms with E-state index >= 15 is 0 Å². The molecule has 0 bridgehead atoms. The van der Waals surface area contributed by atoms with Crippen molar-refractivity contribution in [3.63, 3.8) is 0 Å². The molecule has 0 heterocycles. The van der Waals surface area contributed by atoms with Crippen LogP contribution in [-0.4, -0.2) is 11.5 Å². The van der Waals surface area contributed by atoms with E-state index in [1.807, 2.05) is 26.0 Å². The third-order valence-electron chi connectivity index (χ3n) is 2.44.